The van der Waals surface area contributed by atoms with Crippen LogP contribution in [0.15, 0.2) is 61.4 Å². The van der Waals surface area contributed by atoms with E-state index in [0.717, 1.165) is 27.9 Å². The number of nitrogens with zero attached hydrogens (tertiary/aromatic N) is 6. The van der Waals surface area contributed by atoms with Crippen molar-refractivity contribution < 1.29 is 4.39 Å². The van der Waals surface area contributed by atoms with Gasteiger partial charge in [-0.05, 0) is 17.7 Å². The molecule has 29 heavy (non-hydrogen) atoms. The number of rotatable bonds is 5. The van der Waals surface area contributed by atoms with Gasteiger partial charge in [-0.25, -0.2) is 14.4 Å². The van der Waals surface area contributed by atoms with Crippen LogP contribution in [0.3, 0.4) is 0 Å². The molecule has 9 heteroatoms. The first-order valence-electron chi connectivity index (χ1n) is 9.01. The van der Waals surface area contributed by atoms with Crippen LogP contribution in [0.2, 0.25) is 0 Å². The van der Waals surface area contributed by atoms with Gasteiger partial charge in [-0.1, -0.05) is 12.1 Å². The van der Waals surface area contributed by atoms with Gasteiger partial charge in [0.15, 0.2) is 5.65 Å². The number of aromatic amines is 1. The molecule has 4 aromatic heterocycles. The summed E-state index contributed by atoms with van der Waals surface area (Å²) in [5, 5.41) is 11.8. The Kier molecular flexibility index (Phi) is 4.05. The van der Waals surface area contributed by atoms with Crippen molar-refractivity contribution in [1.29, 1.82) is 0 Å². The minimum Gasteiger partial charge on any atom is -0.344 e. The molecule has 0 fully saturated rings. The van der Waals surface area contributed by atoms with Crippen molar-refractivity contribution >= 4 is 22.7 Å². The third kappa shape index (κ3) is 3.45. The summed E-state index contributed by atoms with van der Waals surface area (Å²) >= 11 is 0. The molecule has 0 radical (unpaired) electrons. The number of H-pyrrole nitrogens is 1. The number of nitrogens with one attached hydrogen (secondary N) is 2. The summed E-state index contributed by atoms with van der Waals surface area (Å²) in [5.74, 6) is 0.382. The van der Waals surface area contributed by atoms with E-state index in [4.69, 9.17) is 4.98 Å². The molecule has 0 spiro atoms. The molecule has 0 saturated heterocycles. The molecule has 0 aliphatic heterocycles. The second kappa shape index (κ2) is 6.86. The van der Waals surface area contributed by atoms with Gasteiger partial charge in [-0.3, -0.25) is 9.36 Å². The largest absolute Gasteiger partial charge is 0.344 e. The Labute approximate surface area is 165 Å². The van der Waals surface area contributed by atoms with Crippen molar-refractivity contribution in [3.63, 3.8) is 0 Å². The summed E-state index contributed by atoms with van der Waals surface area (Å²) in [5.41, 5.74) is 5.09. The molecule has 144 valence electrons. The molecule has 0 amide bonds. The molecule has 8 nitrogen and oxygen atoms in total. The SMILES string of the molecule is Cn1cc(Nc2cnc3[nH]cc(-c4cnn(Cc5ccc(F)cc5)c4)c3n2)cn1. The highest BCUT2D eigenvalue weighted by Gasteiger charge is 2.12. The van der Waals surface area contributed by atoms with Crippen LogP contribution >= 0.6 is 0 Å². The molecule has 5 rings (SSSR count). The van der Waals surface area contributed by atoms with E-state index in [2.05, 4.69) is 25.5 Å². The second-order valence-corrected chi connectivity index (χ2v) is 6.74. The molecule has 2 N–H and O–H groups in total. The van der Waals surface area contributed by atoms with Gasteiger partial charge < -0.3 is 10.3 Å². The number of halogens is 1. The third-order valence-corrected chi connectivity index (χ3v) is 4.56. The molecule has 0 atom stereocenters. The van der Waals surface area contributed by atoms with E-state index >= 15 is 0 Å². The lowest BCUT2D eigenvalue weighted by Crippen LogP contribution is -1.99. The topological polar surface area (TPSA) is 89.2 Å². The smallest absolute Gasteiger partial charge is 0.156 e. The highest BCUT2D eigenvalue weighted by atomic mass is 19.1. The number of aromatic nitrogens is 7. The average molecular weight is 388 g/mol. The fraction of sp³-hybridized carbons (Fsp3) is 0.100. The number of aryl methyl sites for hydroxylation is 1. The van der Waals surface area contributed by atoms with E-state index < -0.39 is 0 Å². The second-order valence-electron chi connectivity index (χ2n) is 6.74. The van der Waals surface area contributed by atoms with Crippen molar-refractivity contribution in [3.8, 4) is 11.1 Å². The van der Waals surface area contributed by atoms with Crippen molar-refractivity contribution in [1.82, 2.24) is 34.5 Å². The van der Waals surface area contributed by atoms with Gasteiger partial charge in [-0.2, -0.15) is 10.2 Å². The summed E-state index contributed by atoms with van der Waals surface area (Å²) in [7, 11) is 1.86. The summed E-state index contributed by atoms with van der Waals surface area (Å²) in [6.07, 6.45) is 10.9. The van der Waals surface area contributed by atoms with Crippen molar-refractivity contribution in [2.24, 2.45) is 7.05 Å². The Morgan fingerprint density at radius 1 is 1.07 bits per heavy atom. The Morgan fingerprint density at radius 2 is 1.93 bits per heavy atom. The molecule has 0 saturated carbocycles. The van der Waals surface area contributed by atoms with Gasteiger partial charge in [0.1, 0.15) is 17.2 Å². The quantitative estimate of drug-likeness (QED) is 0.481. The van der Waals surface area contributed by atoms with Crippen molar-refractivity contribution in [3.05, 3.63) is 72.8 Å². The monoisotopic (exact) mass is 388 g/mol. The predicted molar refractivity (Wildman–Crippen MR) is 107 cm³/mol. The van der Waals surface area contributed by atoms with Gasteiger partial charge in [-0.15, -0.1) is 0 Å². The van der Waals surface area contributed by atoms with Crippen LogP contribution in [0, 0.1) is 5.82 Å². The van der Waals surface area contributed by atoms with Crippen LogP contribution < -0.4 is 5.32 Å². The van der Waals surface area contributed by atoms with Gasteiger partial charge in [0, 0.05) is 36.8 Å². The van der Waals surface area contributed by atoms with Crippen molar-refractivity contribution in [2.45, 2.75) is 6.54 Å². The van der Waals surface area contributed by atoms with Crippen LogP contribution in [0.4, 0.5) is 15.9 Å². The van der Waals surface area contributed by atoms with Crippen molar-refractivity contribution in [2.75, 3.05) is 5.32 Å². The van der Waals surface area contributed by atoms with Crippen LogP contribution in [-0.4, -0.2) is 34.5 Å². The highest BCUT2D eigenvalue weighted by molar-refractivity contribution is 5.90. The molecule has 0 unspecified atom stereocenters. The minimum atomic E-state index is -0.247. The number of benzene rings is 1. The maximum absolute atomic E-state index is 13.1. The molecule has 0 aliphatic rings. The van der Waals surface area contributed by atoms with E-state index in [1.807, 2.05) is 30.3 Å². The number of fused-ring (bicyclic) bond motifs is 1. The number of hydrogen-bond donors (Lipinski definition) is 2. The fourth-order valence-corrected chi connectivity index (χ4v) is 3.17. The van der Waals surface area contributed by atoms with Gasteiger partial charge >= 0.3 is 0 Å². The Hall–Kier alpha value is -4.01. The van der Waals surface area contributed by atoms with E-state index in [1.165, 1.54) is 12.1 Å². The summed E-state index contributed by atoms with van der Waals surface area (Å²) in [6.45, 7) is 0.558. The lowest BCUT2D eigenvalue weighted by molar-refractivity contribution is 0.624. The molecule has 0 aliphatic carbocycles. The third-order valence-electron chi connectivity index (χ3n) is 4.56. The summed E-state index contributed by atoms with van der Waals surface area (Å²) < 4.78 is 16.6. The zero-order chi connectivity index (χ0) is 19.8. The minimum absolute atomic E-state index is 0.247. The highest BCUT2D eigenvalue weighted by Crippen LogP contribution is 2.27. The number of hydrogen-bond acceptors (Lipinski definition) is 5. The zero-order valence-corrected chi connectivity index (χ0v) is 15.5. The van der Waals surface area contributed by atoms with Crippen LogP contribution in [0.25, 0.3) is 22.3 Å². The molecular formula is C20H17FN8. The van der Waals surface area contributed by atoms with Gasteiger partial charge in [0.25, 0.3) is 0 Å². The maximum Gasteiger partial charge on any atom is 0.156 e. The van der Waals surface area contributed by atoms with Crippen LogP contribution in [0.5, 0.6) is 0 Å². The van der Waals surface area contributed by atoms with Crippen LogP contribution in [0.1, 0.15) is 5.56 Å². The zero-order valence-electron chi connectivity index (χ0n) is 15.5. The van der Waals surface area contributed by atoms with E-state index in [1.54, 1.807) is 35.4 Å². The molecular weight excluding hydrogens is 371 g/mol. The Balaban J connectivity index is 1.43. The lowest BCUT2D eigenvalue weighted by atomic mass is 10.2. The maximum atomic E-state index is 13.1. The Morgan fingerprint density at radius 3 is 2.72 bits per heavy atom. The summed E-state index contributed by atoms with van der Waals surface area (Å²) in [4.78, 5) is 12.3. The first kappa shape index (κ1) is 17.1. The van der Waals surface area contributed by atoms with Gasteiger partial charge in [0.05, 0.1) is 30.8 Å². The summed E-state index contributed by atoms with van der Waals surface area (Å²) in [6, 6.07) is 6.41. The first-order chi connectivity index (χ1) is 14.1. The number of anilines is 2. The Bertz CT molecular complexity index is 1280. The average Bonchev–Trinajstić information content (AvgIpc) is 3.43. The molecule has 1 aromatic carbocycles. The fourth-order valence-electron chi connectivity index (χ4n) is 3.17. The first-order valence-corrected chi connectivity index (χ1v) is 9.01. The van der Waals surface area contributed by atoms with Crippen LogP contribution in [-0.2, 0) is 13.6 Å². The molecule has 0 bridgehead atoms. The van der Waals surface area contributed by atoms with E-state index in [0.29, 0.717) is 18.0 Å². The van der Waals surface area contributed by atoms with E-state index in [-0.39, 0.29) is 5.82 Å². The van der Waals surface area contributed by atoms with Gasteiger partial charge in [0.2, 0.25) is 0 Å². The standard InChI is InChI=1S/C20H17FN8/c1-28-12-16(7-24-28)26-18-9-23-20-19(27-18)17(8-22-20)14-6-25-29(11-14)10-13-2-4-15(21)5-3-13/h2-9,11-12H,10H2,1H3,(H,22,23)(H,26,27). The molecule has 5 aromatic rings. The lowest BCUT2D eigenvalue weighted by Gasteiger charge is -2.03. The van der Waals surface area contributed by atoms with E-state index in [9.17, 15) is 4.39 Å². The molecule has 4 heterocycles. The normalized spacial score (nSPS) is 11.2. The predicted octanol–water partition coefficient (Wildman–Crippen LogP) is 3.49.